The van der Waals surface area contributed by atoms with Crippen LogP contribution in [0.3, 0.4) is 0 Å². The number of nitrogens with zero attached hydrogens (tertiary/aromatic N) is 4. The number of amides is 1. The number of aryl methyl sites for hydroxylation is 2. The van der Waals surface area contributed by atoms with Crippen molar-refractivity contribution < 1.29 is 9.18 Å². The zero-order valence-corrected chi connectivity index (χ0v) is 19.5. The largest absolute Gasteiger partial charge is 0.356 e. The van der Waals surface area contributed by atoms with E-state index in [0.717, 1.165) is 72.0 Å². The number of piperidine rings is 1. The third-order valence-corrected chi connectivity index (χ3v) is 6.52. The lowest BCUT2D eigenvalue weighted by Gasteiger charge is -2.33. The summed E-state index contributed by atoms with van der Waals surface area (Å²) >= 11 is 0. The molecule has 0 radical (unpaired) electrons. The number of rotatable bonds is 5. The highest BCUT2D eigenvalue weighted by atomic mass is 19.1. The van der Waals surface area contributed by atoms with Crippen molar-refractivity contribution in [2.75, 3.05) is 23.3 Å². The Hall–Kier alpha value is -3.74. The van der Waals surface area contributed by atoms with Gasteiger partial charge >= 0.3 is 0 Å². The molecule has 1 fully saturated rings. The molecule has 3 heterocycles. The minimum atomic E-state index is -0.271. The van der Waals surface area contributed by atoms with Crippen LogP contribution in [0.5, 0.6) is 0 Å². The summed E-state index contributed by atoms with van der Waals surface area (Å²) in [5, 5.41) is 7.91. The van der Waals surface area contributed by atoms with E-state index in [2.05, 4.69) is 28.2 Å². The molecule has 1 saturated heterocycles. The third kappa shape index (κ3) is 4.38. The molecule has 1 aliphatic heterocycles. The van der Waals surface area contributed by atoms with Crippen LogP contribution in [0.1, 0.15) is 31.0 Å². The Kier molecular flexibility index (Phi) is 6.01. The van der Waals surface area contributed by atoms with Crippen LogP contribution in [0.4, 0.5) is 15.9 Å². The first-order chi connectivity index (χ1) is 16.5. The number of carbonyl (C=O) groups is 1. The van der Waals surface area contributed by atoms with E-state index < -0.39 is 0 Å². The number of carbonyl (C=O) groups excluding carboxylic acids is 1. The van der Waals surface area contributed by atoms with Gasteiger partial charge in [0.15, 0.2) is 5.65 Å². The summed E-state index contributed by atoms with van der Waals surface area (Å²) in [6.45, 7) is 5.59. The van der Waals surface area contributed by atoms with Gasteiger partial charge in [-0.2, -0.15) is 9.61 Å². The number of benzene rings is 2. The van der Waals surface area contributed by atoms with Gasteiger partial charge in [0.25, 0.3) is 0 Å². The minimum Gasteiger partial charge on any atom is -0.356 e. The molecule has 1 N–H and O–H groups in total. The van der Waals surface area contributed by atoms with Crippen molar-refractivity contribution in [3.8, 4) is 11.3 Å². The number of fused-ring (bicyclic) bond motifs is 1. The van der Waals surface area contributed by atoms with E-state index in [0.29, 0.717) is 0 Å². The summed E-state index contributed by atoms with van der Waals surface area (Å²) < 4.78 is 15.2. The molecule has 174 valence electrons. The smallest absolute Gasteiger partial charge is 0.227 e. The van der Waals surface area contributed by atoms with Gasteiger partial charge in [0.2, 0.25) is 5.91 Å². The Labute approximate surface area is 198 Å². The maximum absolute atomic E-state index is 13.3. The Morgan fingerprint density at radius 2 is 1.82 bits per heavy atom. The Morgan fingerprint density at radius 1 is 1.09 bits per heavy atom. The molecule has 2 aromatic carbocycles. The average molecular weight is 458 g/mol. The van der Waals surface area contributed by atoms with E-state index in [-0.39, 0.29) is 17.6 Å². The van der Waals surface area contributed by atoms with E-state index in [9.17, 15) is 9.18 Å². The molecule has 2 aromatic heterocycles. The minimum absolute atomic E-state index is 0.0213. The summed E-state index contributed by atoms with van der Waals surface area (Å²) in [4.78, 5) is 19.9. The third-order valence-electron chi connectivity index (χ3n) is 6.52. The number of aromatic nitrogens is 3. The van der Waals surface area contributed by atoms with Gasteiger partial charge in [-0.05, 0) is 62.1 Å². The predicted molar refractivity (Wildman–Crippen MR) is 133 cm³/mol. The fourth-order valence-electron chi connectivity index (χ4n) is 4.62. The number of para-hydroxylation sites is 1. The SMILES string of the molecule is CCc1ccccc1NC(=O)C1CCN(c2cc(C)nc3cc(-c4ccc(F)cc4)nn23)CC1. The van der Waals surface area contributed by atoms with Crippen LogP contribution >= 0.6 is 0 Å². The lowest BCUT2D eigenvalue weighted by atomic mass is 9.95. The van der Waals surface area contributed by atoms with Gasteiger partial charge in [0.05, 0.1) is 5.69 Å². The average Bonchev–Trinajstić information content (AvgIpc) is 3.28. The second kappa shape index (κ2) is 9.25. The number of hydrogen-bond acceptors (Lipinski definition) is 4. The number of hydrogen-bond donors (Lipinski definition) is 1. The van der Waals surface area contributed by atoms with Crippen molar-refractivity contribution in [2.45, 2.75) is 33.1 Å². The molecule has 0 bridgehead atoms. The monoisotopic (exact) mass is 457 g/mol. The van der Waals surface area contributed by atoms with Crippen molar-refractivity contribution in [1.29, 1.82) is 0 Å². The van der Waals surface area contributed by atoms with Gasteiger partial charge in [-0.15, -0.1) is 0 Å². The summed E-state index contributed by atoms with van der Waals surface area (Å²) in [6.07, 6.45) is 2.43. The Bertz CT molecular complexity index is 1320. The van der Waals surface area contributed by atoms with Crippen molar-refractivity contribution in [2.24, 2.45) is 5.92 Å². The number of halogens is 1. The first-order valence-corrected chi connectivity index (χ1v) is 11.8. The van der Waals surface area contributed by atoms with Crippen molar-refractivity contribution >= 4 is 23.1 Å². The highest BCUT2D eigenvalue weighted by Gasteiger charge is 2.27. The molecule has 6 nitrogen and oxygen atoms in total. The van der Waals surface area contributed by atoms with Crippen LogP contribution in [0.2, 0.25) is 0 Å². The fraction of sp³-hybridized carbons (Fsp3) is 0.296. The lowest BCUT2D eigenvalue weighted by molar-refractivity contribution is -0.120. The second-order valence-electron chi connectivity index (χ2n) is 8.82. The van der Waals surface area contributed by atoms with Crippen molar-refractivity contribution in [3.05, 3.63) is 77.7 Å². The first kappa shape index (κ1) is 22.1. The molecule has 7 heteroatoms. The highest BCUT2D eigenvalue weighted by molar-refractivity contribution is 5.93. The van der Waals surface area contributed by atoms with Crippen LogP contribution < -0.4 is 10.2 Å². The van der Waals surface area contributed by atoms with Gasteiger partial charge in [-0.25, -0.2) is 9.37 Å². The molecule has 0 spiro atoms. The summed E-state index contributed by atoms with van der Waals surface area (Å²) in [5.74, 6) is 0.764. The van der Waals surface area contributed by atoms with Crippen LogP contribution in [-0.2, 0) is 11.2 Å². The molecule has 0 aliphatic carbocycles. The van der Waals surface area contributed by atoms with Gasteiger partial charge in [0.1, 0.15) is 11.6 Å². The predicted octanol–water partition coefficient (Wildman–Crippen LogP) is 5.26. The summed E-state index contributed by atoms with van der Waals surface area (Å²) in [6, 6.07) is 18.3. The zero-order chi connectivity index (χ0) is 23.7. The van der Waals surface area contributed by atoms with Gasteiger partial charge in [-0.3, -0.25) is 4.79 Å². The molecule has 34 heavy (non-hydrogen) atoms. The molecule has 1 amide bonds. The summed E-state index contributed by atoms with van der Waals surface area (Å²) in [7, 11) is 0. The summed E-state index contributed by atoms with van der Waals surface area (Å²) in [5.41, 5.74) is 5.32. The topological polar surface area (TPSA) is 62.5 Å². The van der Waals surface area contributed by atoms with Crippen LogP contribution in [0, 0.1) is 18.7 Å². The van der Waals surface area contributed by atoms with Crippen molar-refractivity contribution in [3.63, 3.8) is 0 Å². The molecular weight excluding hydrogens is 429 g/mol. The Balaban J connectivity index is 1.33. The van der Waals surface area contributed by atoms with E-state index in [4.69, 9.17) is 5.10 Å². The maximum atomic E-state index is 13.3. The van der Waals surface area contributed by atoms with Gasteiger partial charge < -0.3 is 10.2 Å². The number of nitrogens with one attached hydrogen (secondary N) is 1. The molecule has 0 atom stereocenters. The number of anilines is 2. The molecule has 5 rings (SSSR count). The van der Waals surface area contributed by atoms with Crippen molar-refractivity contribution in [1.82, 2.24) is 14.6 Å². The van der Waals surface area contributed by atoms with Crippen LogP contribution in [0.25, 0.3) is 16.9 Å². The highest BCUT2D eigenvalue weighted by Crippen LogP contribution is 2.28. The maximum Gasteiger partial charge on any atom is 0.227 e. The normalized spacial score (nSPS) is 14.5. The molecular formula is C27H28FN5O. The molecule has 1 aliphatic rings. The Morgan fingerprint density at radius 3 is 2.56 bits per heavy atom. The van der Waals surface area contributed by atoms with E-state index in [1.165, 1.54) is 12.1 Å². The van der Waals surface area contributed by atoms with Gasteiger partial charge in [0, 0.05) is 48.1 Å². The van der Waals surface area contributed by atoms with Crippen LogP contribution in [0.15, 0.2) is 60.7 Å². The van der Waals surface area contributed by atoms with E-state index >= 15 is 0 Å². The second-order valence-corrected chi connectivity index (χ2v) is 8.82. The molecule has 0 unspecified atom stereocenters. The standard InChI is InChI=1S/C27H28FN5O/c1-3-19-6-4-5-7-23(19)30-27(34)21-12-14-32(15-13-21)26-16-18(2)29-25-17-24(31-33(25)26)20-8-10-22(28)11-9-20/h4-11,16-17,21H,3,12-15H2,1-2H3,(H,30,34). The lowest BCUT2D eigenvalue weighted by Crippen LogP contribution is -2.39. The first-order valence-electron chi connectivity index (χ1n) is 11.8. The fourth-order valence-corrected chi connectivity index (χ4v) is 4.62. The van der Waals surface area contributed by atoms with Gasteiger partial charge in [-0.1, -0.05) is 25.1 Å². The van der Waals surface area contributed by atoms with E-state index in [1.807, 2.05) is 41.8 Å². The zero-order valence-electron chi connectivity index (χ0n) is 19.5. The van der Waals surface area contributed by atoms with Crippen LogP contribution in [-0.4, -0.2) is 33.6 Å². The molecule has 0 saturated carbocycles. The van der Waals surface area contributed by atoms with E-state index in [1.54, 1.807) is 12.1 Å². The molecule has 4 aromatic rings. The quantitative estimate of drug-likeness (QED) is 0.444.